The van der Waals surface area contributed by atoms with Crippen LogP contribution in [0.4, 0.5) is 4.39 Å². The van der Waals surface area contributed by atoms with E-state index in [2.05, 4.69) is 31.2 Å². The quantitative estimate of drug-likeness (QED) is 0.752. The molecule has 2 aromatic carbocycles. The van der Waals surface area contributed by atoms with Crippen molar-refractivity contribution in [3.63, 3.8) is 0 Å². The first-order valence-electron chi connectivity index (χ1n) is 5.66. The summed E-state index contributed by atoms with van der Waals surface area (Å²) in [5.74, 6) is -0.156. The van der Waals surface area contributed by atoms with Crippen LogP contribution in [-0.2, 0) is 5.32 Å². The Morgan fingerprint density at radius 3 is 2.29 bits per heavy atom. The molecule has 0 fully saturated rings. The zero-order valence-electron chi connectivity index (χ0n) is 9.77. The van der Waals surface area contributed by atoms with Gasteiger partial charge in [0.05, 0.1) is 0 Å². The van der Waals surface area contributed by atoms with Crippen LogP contribution in [0.5, 0.6) is 0 Å². The molecule has 0 N–H and O–H groups in total. The predicted molar refractivity (Wildman–Crippen MR) is 70.7 cm³/mol. The van der Waals surface area contributed by atoms with Crippen molar-refractivity contribution in [3.05, 3.63) is 71.5 Å². The molecule has 0 unspecified atom stereocenters. The molecular formula is C15H15FSe. The van der Waals surface area contributed by atoms with Gasteiger partial charge in [0.15, 0.2) is 0 Å². The number of rotatable bonds is 4. The van der Waals surface area contributed by atoms with Crippen LogP contribution >= 0.6 is 0 Å². The van der Waals surface area contributed by atoms with E-state index in [1.54, 1.807) is 12.1 Å². The third-order valence-electron chi connectivity index (χ3n) is 2.68. The standard InChI is InChI=1S/C15H15FSe/c1-12(14-7-9-15(16)10-8-14)17-11-13-5-3-2-4-6-13/h2-10,12H,11H2,1H3/t12-/m0/s1. The Bertz CT molecular complexity index is 450. The topological polar surface area (TPSA) is 0 Å². The number of benzene rings is 2. The van der Waals surface area contributed by atoms with Gasteiger partial charge in [0.2, 0.25) is 0 Å². The normalized spacial score (nSPS) is 12.4. The molecule has 0 saturated heterocycles. The Balaban J connectivity index is 1.93. The summed E-state index contributed by atoms with van der Waals surface area (Å²) in [5, 5.41) is 1.13. The van der Waals surface area contributed by atoms with Crippen molar-refractivity contribution in [3.8, 4) is 0 Å². The van der Waals surface area contributed by atoms with Gasteiger partial charge in [-0.2, -0.15) is 0 Å². The maximum absolute atomic E-state index is 12.8. The van der Waals surface area contributed by atoms with Crippen molar-refractivity contribution in [2.75, 3.05) is 0 Å². The van der Waals surface area contributed by atoms with Crippen molar-refractivity contribution in [1.82, 2.24) is 0 Å². The van der Waals surface area contributed by atoms with E-state index in [-0.39, 0.29) is 5.82 Å². The van der Waals surface area contributed by atoms with Crippen LogP contribution in [0, 0.1) is 5.82 Å². The number of halogens is 1. The SMILES string of the molecule is C[C@H]([Se]Cc1ccccc1)c1ccc(F)cc1. The summed E-state index contributed by atoms with van der Waals surface area (Å²) in [6, 6.07) is 17.4. The molecule has 0 heterocycles. The van der Waals surface area contributed by atoms with Gasteiger partial charge in [0.25, 0.3) is 0 Å². The minimum absolute atomic E-state index is 0.156. The first-order valence-corrected chi connectivity index (χ1v) is 7.87. The van der Waals surface area contributed by atoms with Gasteiger partial charge in [-0.05, 0) is 0 Å². The fourth-order valence-electron chi connectivity index (χ4n) is 1.63. The van der Waals surface area contributed by atoms with Crippen LogP contribution in [0.3, 0.4) is 0 Å². The van der Waals surface area contributed by atoms with Crippen molar-refractivity contribution < 1.29 is 4.39 Å². The van der Waals surface area contributed by atoms with Crippen molar-refractivity contribution >= 4 is 15.0 Å². The summed E-state index contributed by atoms with van der Waals surface area (Å²) < 4.78 is 12.8. The molecule has 0 bridgehead atoms. The average molecular weight is 293 g/mol. The molecule has 0 aliphatic heterocycles. The molecule has 17 heavy (non-hydrogen) atoms. The summed E-state index contributed by atoms with van der Waals surface area (Å²) >= 11 is 0.513. The molecule has 2 rings (SSSR count). The molecule has 0 amide bonds. The molecule has 0 aliphatic carbocycles. The van der Waals surface area contributed by atoms with Crippen LogP contribution in [0.1, 0.15) is 22.9 Å². The Hall–Kier alpha value is -1.11. The Labute approximate surface area is 108 Å². The van der Waals surface area contributed by atoms with Crippen LogP contribution in [0.25, 0.3) is 0 Å². The van der Waals surface area contributed by atoms with Crippen LogP contribution < -0.4 is 0 Å². The van der Waals surface area contributed by atoms with Gasteiger partial charge >= 0.3 is 108 Å². The van der Waals surface area contributed by atoms with Crippen LogP contribution in [-0.4, -0.2) is 15.0 Å². The van der Waals surface area contributed by atoms with Crippen molar-refractivity contribution in [2.45, 2.75) is 17.1 Å². The van der Waals surface area contributed by atoms with E-state index in [0.717, 1.165) is 5.32 Å². The van der Waals surface area contributed by atoms with E-state index < -0.39 is 0 Å². The molecule has 0 aliphatic rings. The minimum atomic E-state index is -0.156. The van der Waals surface area contributed by atoms with E-state index in [1.807, 2.05) is 18.2 Å². The average Bonchev–Trinajstić information content (AvgIpc) is 2.38. The molecule has 0 spiro atoms. The first-order chi connectivity index (χ1) is 8.25. The first kappa shape index (κ1) is 12.3. The molecule has 2 heteroatoms. The summed E-state index contributed by atoms with van der Waals surface area (Å²) in [6.45, 7) is 2.22. The maximum atomic E-state index is 12.8. The van der Waals surface area contributed by atoms with Crippen molar-refractivity contribution in [2.24, 2.45) is 0 Å². The van der Waals surface area contributed by atoms with Gasteiger partial charge < -0.3 is 0 Å². The van der Waals surface area contributed by atoms with E-state index >= 15 is 0 Å². The third kappa shape index (κ3) is 3.69. The Morgan fingerprint density at radius 2 is 1.65 bits per heavy atom. The summed E-state index contributed by atoms with van der Waals surface area (Å²) in [6.07, 6.45) is 0. The molecule has 2 aromatic rings. The van der Waals surface area contributed by atoms with Crippen LogP contribution in [0.2, 0.25) is 0 Å². The second kappa shape index (κ2) is 5.99. The third-order valence-corrected chi connectivity index (χ3v) is 5.35. The summed E-state index contributed by atoms with van der Waals surface area (Å²) in [7, 11) is 0. The zero-order valence-corrected chi connectivity index (χ0v) is 11.5. The predicted octanol–water partition coefficient (Wildman–Crippen LogP) is 3.79. The van der Waals surface area contributed by atoms with Gasteiger partial charge in [-0.15, -0.1) is 0 Å². The molecule has 0 aromatic heterocycles. The zero-order chi connectivity index (χ0) is 12.1. The number of hydrogen-bond donors (Lipinski definition) is 0. The monoisotopic (exact) mass is 294 g/mol. The second-order valence-corrected chi connectivity index (χ2v) is 6.78. The fourth-order valence-corrected chi connectivity index (χ4v) is 3.69. The van der Waals surface area contributed by atoms with Gasteiger partial charge in [-0.25, -0.2) is 0 Å². The fraction of sp³-hybridized carbons (Fsp3) is 0.200. The summed E-state index contributed by atoms with van der Waals surface area (Å²) in [4.78, 5) is 0.531. The molecule has 0 radical (unpaired) electrons. The van der Waals surface area contributed by atoms with Gasteiger partial charge in [-0.1, -0.05) is 0 Å². The Morgan fingerprint density at radius 1 is 1.00 bits per heavy atom. The van der Waals surface area contributed by atoms with Gasteiger partial charge in [0.1, 0.15) is 0 Å². The Kier molecular flexibility index (Phi) is 4.35. The van der Waals surface area contributed by atoms with Crippen LogP contribution in [0.15, 0.2) is 54.6 Å². The molecule has 0 nitrogen and oxygen atoms in total. The second-order valence-electron chi connectivity index (χ2n) is 3.99. The van der Waals surface area contributed by atoms with Gasteiger partial charge in [-0.3, -0.25) is 0 Å². The van der Waals surface area contributed by atoms with Gasteiger partial charge in [0, 0.05) is 0 Å². The van der Waals surface area contributed by atoms with E-state index in [1.165, 1.54) is 11.1 Å². The molecular weight excluding hydrogens is 278 g/mol. The van der Waals surface area contributed by atoms with Crippen molar-refractivity contribution in [1.29, 1.82) is 0 Å². The molecule has 88 valence electrons. The van der Waals surface area contributed by atoms with E-state index in [4.69, 9.17) is 0 Å². The number of hydrogen-bond acceptors (Lipinski definition) is 0. The summed E-state index contributed by atoms with van der Waals surface area (Å²) in [5.41, 5.74) is 2.63. The van der Waals surface area contributed by atoms with E-state index in [0.29, 0.717) is 19.8 Å². The van der Waals surface area contributed by atoms with E-state index in [9.17, 15) is 4.39 Å². The molecule has 1 atom stereocenters. The molecule has 0 saturated carbocycles.